The topological polar surface area (TPSA) is 94.4 Å². The average molecular weight is 522 g/mol. The van der Waals surface area contributed by atoms with Gasteiger partial charge in [0.2, 0.25) is 5.82 Å². The highest BCUT2D eigenvalue weighted by Crippen LogP contribution is 2.32. The number of unbranched alkanes of at least 4 members (excludes halogenated alkanes) is 1. The molecule has 0 atom stereocenters. The number of hydrogen-bond donors (Lipinski definition) is 1. The summed E-state index contributed by atoms with van der Waals surface area (Å²) in [7, 11) is 0. The summed E-state index contributed by atoms with van der Waals surface area (Å²) in [4.78, 5) is 10.9. The van der Waals surface area contributed by atoms with Crippen molar-refractivity contribution in [2.45, 2.75) is 39.3 Å². The standard InChI is InChI=1S/C29H27N7OS/c1-2-3-9-25-30-27-29(38-28(31-27)23-7-5-4-6-8-23)36(25)18-20-12-16-24(17-13-20)37-19-21-10-14-22(15-11-21)26-32-34-35-33-26/h4-8,10-17H,2-3,9,18-19H2,1H3,(H,32,33,34,35). The van der Waals surface area contributed by atoms with E-state index in [1.54, 1.807) is 11.3 Å². The number of H-pyrrole nitrogens is 1. The van der Waals surface area contributed by atoms with Crippen molar-refractivity contribution in [2.75, 3.05) is 0 Å². The lowest BCUT2D eigenvalue weighted by atomic mass is 10.1. The number of thiazole rings is 1. The van der Waals surface area contributed by atoms with Crippen LogP contribution in [-0.4, -0.2) is 35.2 Å². The summed E-state index contributed by atoms with van der Waals surface area (Å²) in [5.74, 6) is 2.52. The maximum atomic E-state index is 6.04. The van der Waals surface area contributed by atoms with Gasteiger partial charge in [-0.3, -0.25) is 0 Å². The smallest absolute Gasteiger partial charge is 0.204 e. The number of hydrogen-bond acceptors (Lipinski definition) is 7. The largest absolute Gasteiger partial charge is 0.489 e. The molecule has 0 aliphatic carbocycles. The number of rotatable bonds is 10. The number of aromatic amines is 1. The highest BCUT2D eigenvalue weighted by atomic mass is 32.1. The highest BCUT2D eigenvalue weighted by Gasteiger charge is 2.17. The van der Waals surface area contributed by atoms with Crippen molar-refractivity contribution in [3.05, 3.63) is 95.8 Å². The molecule has 0 saturated carbocycles. The SMILES string of the molecule is CCCCc1nc2nc(-c3ccccc3)sc2n1Cc1ccc(OCc2ccc(-c3nn[nH]n3)cc2)cc1. The molecule has 6 rings (SSSR count). The quantitative estimate of drug-likeness (QED) is 0.227. The molecule has 0 saturated heterocycles. The van der Waals surface area contributed by atoms with Gasteiger partial charge in [-0.25, -0.2) is 9.97 Å². The van der Waals surface area contributed by atoms with E-state index in [0.717, 1.165) is 69.6 Å². The van der Waals surface area contributed by atoms with Crippen molar-refractivity contribution in [3.63, 3.8) is 0 Å². The van der Waals surface area contributed by atoms with Gasteiger partial charge in [-0.1, -0.05) is 91.4 Å². The Kier molecular flexibility index (Phi) is 6.91. The monoisotopic (exact) mass is 521 g/mol. The van der Waals surface area contributed by atoms with Crippen molar-refractivity contribution in [1.29, 1.82) is 0 Å². The van der Waals surface area contributed by atoms with Gasteiger partial charge in [0.1, 0.15) is 28.0 Å². The third-order valence-corrected chi connectivity index (χ3v) is 7.50. The minimum Gasteiger partial charge on any atom is -0.489 e. The van der Waals surface area contributed by atoms with E-state index < -0.39 is 0 Å². The molecular weight excluding hydrogens is 494 g/mol. The van der Waals surface area contributed by atoms with E-state index in [-0.39, 0.29) is 0 Å². The third-order valence-electron chi connectivity index (χ3n) is 6.39. The summed E-state index contributed by atoms with van der Waals surface area (Å²) < 4.78 is 8.37. The molecule has 190 valence electrons. The Labute approximate surface area is 224 Å². The number of nitrogens with one attached hydrogen (secondary N) is 1. The van der Waals surface area contributed by atoms with Gasteiger partial charge < -0.3 is 9.30 Å². The van der Waals surface area contributed by atoms with Gasteiger partial charge in [0.05, 0.1) is 6.54 Å². The zero-order chi connectivity index (χ0) is 25.7. The lowest BCUT2D eigenvalue weighted by Gasteiger charge is -2.10. The highest BCUT2D eigenvalue weighted by molar-refractivity contribution is 7.21. The van der Waals surface area contributed by atoms with Gasteiger partial charge in [-0.2, -0.15) is 5.21 Å². The van der Waals surface area contributed by atoms with Gasteiger partial charge in [0, 0.05) is 17.5 Å². The zero-order valence-electron chi connectivity index (χ0n) is 21.0. The van der Waals surface area contributed by atoms with Crippen molar-refractivity contribution >= 4 is 21.8 Å². The van der Waals surface area contributed by atoms with Gasteiger partial charge in [0.15, 0.2) is 5.65 Å². The Balaban J connectivity index is 1.16. The van der Waals surface area contributed by atoms with E-state index in [9.17, 15) is 0 Å². The van der Waals surface area contributed by atoms with Crippen LogP contribution < -0.4 is 4.74 Å². The van der Waals surface area contributed by atoms with E-state index in [0.29, 0.717) is 12.4 Å². The molecule has 8 nitrogen and oxygen atoms in total. The number of aromatic nitrogens is 7. The van der Waals surface area contributed by atoms with Gasteiger partial charge in [-0.15, -0.1) is 10.2 Å². The second-order valence-corrected chi connectivity index (χ2v) is 10.1. The van der Waals surface area contributed by atoms with Crippen LogP contribution in [0.3, 0.4) is 0 Å². The summed E-state index contributed by atoms with van der Waals surface area (Å²) in [5.41, 5.74) is 5.15. The van der Waals surface area contributed by atoms with Crippen LogP contribution in [-0.2, 0) is 19.6 Å². The maximum absolute atomic E-state index is 6.04. The van der Waals surface area contributed by atoms with E-state index in [2.05, 4.69) is 56.4 Å². The number of aryl methyl sites for hydroxylation is 1. The van der Waals surface area contributed by atoms with E-state index in [1.807, 2.05) is 54.6 Å². The van der Waals surface area contributed by atoms with E-state index >= 15 is 0 Å². The number of tetrazole rings is 1. The van der Waals surface area contributed by atoms with Crippen LogP contribution in [0.2, 0.25) is 0 Å². The molecule has 9 heteroatoms. The van der Waals surface area contributed by atoms with Crippen molar-refractivity contribution in [1.82, 2.24) is 35.2 Å². The molecule has 0 amide bonds. The molecule has 0 spiro atoms. The van der Waals surface area contributed by atoms with Crippen molar-refractivity contribution < 1.29 is 4.74 Å². The first-order valence-corrected chi connectivity index (χ1v) is 13.5. The molecule has 0 radical (unpaired) electrons. The molecule has 0 unspecified atom stereocenters. The fourth-order valence-corrected chi connectivity index (χ4v) is 5.35. The lowest BCUT2D eigenvalue weighted by molar-refractivity contribution is 0.306. The Morgan fingerprint density at radius 1 is 0.868 bits per heavy atom. The average Bonchev–Trinajstić information content (AvgIpc) is 3.71. The van der Waals surface area contributed by atoms with Gasteiger partial charge in [0.25, 0.3) is 0 Å². The molecule has 0 fully saturated rings. The van der Waals surface area contributed by atoms with Crippen LogP contribution in [0, 0.1) is 0 Å². The summed E-state index contributed by atoms with van der Waals surface area (Å²) >= 11 is 1.71. The number of nitrogens with zero attached hydrogens (tertiary/aromatic N) is 6. The molecule has 0 aliphatic heterocycles. The number of ether oxygens (including phenoxy) is 1. The first-order valence-electron chi connectivity index (χ1n) is 12.7. The molecular formula is C29H27N7OS. The van der Waals surface area contributed by atoms with Crippen LogP contribution >= 0.6 is 11.3 Å². The predicted octanol–water partition coefficient (Wildman–Crippen LogP) is 6.31. The van der Waals surface area contributed by atoms with Crippen LogP contribution in [0.25, 0.3) is 32.4 Å². The van der Waals surface area contributed by atoms with Crippen LogP contribution in [0.1, 0.15) is 36.7 Å². The molecule has 6 aromatic rings. The van der Waals surface area contributed by atoms with E-state index in [1.165, 1.54) is 5.56 Å². The van der Waals surface area contributed by atoms with Crippen LogP contribution in [0.4, 0.5) is 0 Å². The molecule has 1 N–H and O–H groups in total. The molecule has 38 heavy (non-hydrogen) atoms. The lowest BCUT2D eigenvalue weighted by Crippen LogP contribution is -2.05. The first-order chi connectivity index (χ1) is 18.8. The molecule has 3 heterocycles. The number of benzene rings is 3. The summed E-state index contributed by atoms with van der Waals surface area (Å²) in [5, 5.41) is 15.1. The number of fused-ring (bicyclic) bond motifs is 1. The first kappa shape index (κ1) is 24.0. The third kappa shape index (κ3) is 5.19. The predicted molar refractivity (Wildman–Crippen MR) is 149 cm³/mol. The Hall–Kier alpha value is -4.37. The molecule has 0 bridgehead atoms. The fraction of sp³-hybridized carbons (Fsp3) is 0.207. The van der Waals surface area contributed by atoms with Gasteiger partial charge >= 0.3 is 0 Å². The van der Waals surface area contributed by atoms with Crippen LogP contribution in [0.5, 0.6) is 5.75 Å². The normalized spacial score (nSPS) is 11.3. The summed E-state index contributed by atoms with van der Waals surface area (Å²) in [6.45, 7) is 3.45. The van der Waals surface area contributed by atoms with Crippen molar-refractivity contribution in [3.8, 4) is 27.7 Å². The minimum atomic E-state index is 0.484. The molecule has 3 aromatic carbocycles. The Bertz CT molecular complexity index is 1610. The fourth-order valence-electron chi connectivity index (χ4n) is 4.32. The zero-order valence-corrected chi connectivity index (χ0v) is 21.9. The summed E-state index contributed by atoms with van der Waals surface area (Å²) in [6.07, 6.45) is 3.20. The molecule has 0 aliphatic rings. The van der Waals surface area contributed by atoms with Crippen molar-refractivity contribution in [2.24, 2.45) is 0 Å². The second-order valence-electron chi connectivity index (χ2n) is 9.10. The minimum absolute atomic E-state index is 0.484. The Morgan fingerprint density at radius 2 is 1.66 bits per heavy atom. The Morgan fingerprint density at radius 3 is 2.39 bits per heavy atom. The second kappa shape index (κ2) is 10.9. The summed E-state index contributed by atoms with van der Waals surface area (Å²) in [6, 6.07) is 26.6. The maximum Gasteiger partial charge on any atom is 0.204 e. The van der Waals surface area contributed by atoms with E-state index in [4.69, 9.17) is 14.7 Å². The molecule has 3 aromatic heterocycles. The van der Waals surface area contributed by atoms with Crippen LogP contribution in [0.15, 0.2) is 78.9 Å². The van der Waals surface area contributed by atoms with Gasteiger partial charge in [-0.05, 0) is 34.9 Å². The number of imidazole rings is 1.